The van der Waals surface area contributed by atoms with Crippen LogP contribution < -0.4 is 0 Å². The molecular weight excluding hydrogens is 148 g/mol. The molecular formula is C11H18O. The van der Waals surface area contributed by atoms with Crippen LogP contribution in [0.25, 0.3) is 0 Å². The van der Waals surface area contributed by atoms with E-state index in [0.717, 1.165) is 12.4 Å². The average Bonchev–Trinajstić information content (AvgIpc) is 2.05. The van der Waals surface area contributed by atoms with Gasteiger partial charge in [-0.1, -0.05) is 19.9 Å². The summed E-state index contributed by atoms with van der Waals surface area (Å²) in [6.07, 6.45) is 6.50. The van der Waals surface area contributed by atoms with Gasteiger partial charge in [-0.25, -0.2) is 0 Å². The van der Waals surface area contributed by atoms with Gasteiger partial charge in [-0.05, 0) is 37.3 Å². The molecule has 0 saturated heterocycles. The summed E-state index contributed by atoms with van der Waals surface area (Å²) in [6.45, 7) is 7.37. The lowest BCUT2D eigenvalue weighted by molar-refractivity contribution is 0.194. The fourth-order valence-corrected chi connectivity index (χ4v) is 1.54. The summed E-state index contributed by atoms with van der Waals surface area (Å²) in [5.41, 5.74) is 1.47. The van der Waals surface area contributed by atoms with Crippen LogP contribution in [0.5, 0.6) is 0 Å². The van der Waals surface area contributed by atoms with Gasteiger partial charge in [0, 0.05) is 0 Å². The topological polar surface area (TPSA) is 9.23 Å². The molecule has 0 radical (unpaired) electrons. The molecule has 0 amide bonds. The Morgan fingerprint density at radius 2 is 2.17 bits per heavy atom. The van der Waals surface area contributed by atoms with Crippen LogP contribution in [0, 0.1) is 5.92 Å². The number of hydrogen-bond acceptors (Lipinski definition) is 1. The van der Waals surface area contributed by atoms with Crippen molar-refractivity contribution < 1.29 is 4.74 Å². The summed E-state index contributed by atoms with van der Waals surface area (Å²) in [5.74, 6) is 1.73. The van der Waals surface area contributed by atoms with Crippen LogP contribution in [-0.4, -0.2) is 6.61 Å². The van der Waals surface area contributed by atoms with E-state index in [1.807, 2.05) is 13.0 Å². The lowest BCUT2D eigenvalue weighted by Gasteiger charge is -2.21. The molecule has 0 bridgehead atoms. The van der Waals surface area contributed by atoms with E-state index in [1.165, 1.54) is 18.4 Å². The van der Waals surface area contributed by atoms with Gasteiger partial charge >= 0.3 is 0 Å². The third-order valence-electron chi connectivity index (χ3n) is 2.18. The van der Waals surface area contributed by atoms with E-state index in [2.05, 4.69) is 19.9 Å². The zero-order valence-corrected chi connectivity index (χ0v) is 8.26. The first-order valence-electron chi connectivity index (χ1n) is 4.74. The summed E-state index contributed by atoms with van der Waals surface area (Å²) in [6, 6.07) is 0. The van der Waals surface area contributed by atoms with E-state index in [1.54, 1.807) is 0 Å². The largest absolute Gasteiger partial charge is 0.494 e. The Bertz CT molecular complexity index is 199. The summed E-state index contributed by atoms with van der Waals surface area (Å²) in [7, 11) is 0. The number of rotatable bonds is 2. The molecule has 68 valence electrons. The number of ether oxygens (including phenoxy) is 1. The first-order valence-corrected chi connectivity index (χ1v) is 4.74. The Balaban J connectivity index is 2.83. The van der Waals surface area contributed by atoms with Gasteiger partial charge < -0.3 is 4.74 Å². The molecule has 0 aromatic heterocycles. The molecule has 0 aliphatic carbocycles. The first kappa shape index (κ1) is 9.37. The Kier molecular flexibility index (Phi) is 3.39. The molecule has 1 heterocycles. The quantitative estimate of drug-likeness (QED) is 0.611. The molecule has 0 aromatic carbocycles. The van der Waals surface area contributed by atoms with Crippen molar-refractivity contribution in [2.75, 3.05) is 6.61 Å². The second kappa shape index (κ2) is 4.34. The fourth-order valence-electron chi connectivity index (χ4n) is 1.54. The number of hydrogen-bond donors (Lipinski definition) is 0. The van der Waals surface area contributed by atoms with Crippen molar-refractivity contribution in [2.24, 2.45) is 5.92 Å². The second-order valence-corrected chi connectivity index (χ2v) is 3.50. The van der Waals surface area contributed by atoms with Crippen molar-refractivity contribution in [3.8, 4) is 0 Å². The standard InChI is InChI=1S/C11H18O/c1-4-6-11-10(9(2)3)7-5-8-12-11/h4,6,9H,5,7-8H2,1-3H3/b6-4-. The molecule has 0 atom stereocenters. The van der Waals surface area contributed by atoms with E-state index < -0.39 is 0 Å². The Morgan fingerprint density at radius 1 is 1.42 bits per heavy atom. The molecule has 1 heteroatoms. The van der Waals surface area contributed by atoms with Crippen LogP contribution >= 0.6 is 0 Å². The van der Waals surface area contributed by atoms with Crippen molar-refractivity contribution in [1.29, 1.82) is 0 Å². The van der Waals surface area contributed by atoms with Crippen LogP contribution in [0.1, 0.15) is 33.6 Å². The predicted molar refractivity (Wildman–Crippen MR) is 51.9 cm³/mol. The van der Waals surface area contributed by atoms with Crippen molar-refractivity contribution in [2.45, 2.75) is 33.6 Å². The van der Waals surface area contributed by atoms with Crippen molar-refractivity contribution in [3.63, 3.8) is 0 Å². The molecule has 1 rings (SSSR count). The molecule has 1 aliphatic heterocycles. The average molecular weight is 166 g/mol. The van der Waals surface area contributed by atoms with Gasteiger partial charge in [0.2, 0.25) is 0 Å². The summed E-state index contributed by atoms with van der Waals surface area (Å²) >= 11 is 0. The SMILES string of the molecule is C/C=C\C1=C(C(C)C)CCCO1. The minimum Gasteiger partial charge on any atom is -0.494 e. The van der Waals surface area contributed by atoms with E-state index in [4.69, 9.17) is 4.74 Å². The summed E-state index contributed by atoms with van der Waals surface area (Å²) in [4.78, 5) is 0. The number of allylic oxidation sites excluding steroid dienone is 3. The van der Waals surface area contributed by atoms with Crippen molar-refractivity contribution in [1.82, 2.24) is 0 Å². The Morgan fingerprint density at radius 3 is 2.75 bits per heavy atom. The molecule has 0 aromatic rings. The predicted octanol–water partition coefficient (Wildman–Crippen LogP) is 3.28. The van der Waals surface area contributed by atoms with E-state index >= 15 is 0 Å². The highest BCUT2D eigenvalue weighted by atomic mass is 16.5. The van der Waals surface area contributed by atoms with Crippen molar-refractivity contribution >= 4 is 0 Å². The smallest absolute Gasteiger partial charge is 0.118 e. The third kappa shape index (κ3) is 2.13. The maximum Gasteiger partial charge on any atom is 0.118 e. The van der Waals surface area contributed by atoms with Crippen LogP contribution in [0.15, 0.2) is 23.5 Å². The highest BCUT2D eigenvalue weighted by Crippen LogP contribution is 2.26. The van der Waals surface area contributed by atoms with Gasteiger partial charge in [0.05, 0.1) is 6.61 Å². The maximum absolute atomic E-state index is 5.59. The van der Waals surface area contributed by atoms with Gasteiger partial charge in [0.1, 0.15) is 5.76 Å². The Labute approximate surface area is 75.1 Å². The van der Waals surface area contributed by atoms with Gasteiger partial charge in [0.25, 0.3) is 0 Å². The van der Waals surface area contributed by atoms with Gasteiger partial charge in [-0.2, -0.15) is 0 Å². The van der Waals surface area contributed by atoms with Crippen LogP contribution in [0.3, 0.4) is 0 Å². The van der Waals surface area contributed by atoms with Crippen LogP contribution in [0.4, 0.5) is 0 Å². The van der Waals surface area contributed by atoms with Crippen molar-refractivity contribution in [3.05, 3.63) is 23.5 Å². The fraction of sp³-hybridized carbons (Fsp3) is 0.636. The Hall–Kier alpha value is -0.720. The molecule has 0 N–H and O–H groups in total. The monoisotopic (exact) mass is 166 g/mol. The minimum absolute atomic E-state index is 0.622. The highest BCUT2D eigenvalue weighted by Gasteiger charge is 2.13. The lowest BCUT2D eigenvalue weighted by Crippen LogP contribution is -2.09. The molecule has 0 fully saturated rings. The molecule has 0 unspecified atom stereocenters. The normalized spacial score (nSPS) is 19.0. The summed E-state index contributed by atoms with van der Waals surface area (Å²) < 4.78 is 5.59. The van der Waals surface area contributed by atoms with Crippen LogP contribution in [-0.2, 0) is 4.74 Å². The second-order valence-electron chi connectivity index (χ2n) is 3.50. The van der Waals surface area contributed by atoms with Crippen LogP contribution in [0.2, 0.25) is 0 Å². The molecule has 1 nitrogen and oxygen atoms in total. The zero-order chi connectivity index (χ0) is 8.97. The molecule has 1 aliphatic rings. The zero-order valence-electron chi connectivity index (χ0n) is 8.26. The lowest BCUT2D eigenvalue weighted by atomic mass is 9.95. The maximum atomic E-state index is 5.59. The summed E-state index contributed by atoms with van der Waals surface area (Å²) in [5, 5.41) is 0. The van der Waals surface area contributed by atoms with Gasteiger partial charge in [0.15, 0.2) is 0 Å². The minimum atomic E-state index is 0.622. The molecule has 12 heavy (non-hydrogen) atoms. The van der Waals surface area contributed by atoms with Gasteiger partial charge in [-0.3, -0.25) is 0 Å². The van der Waals surface area contributed by atoms with E-state index in [-0.39, 0.29) is 0 Å². The van der Waals surface area contributed by atoms with Gasteiger partial charge in [-0.15, -0.1) is 0 Å². The van der Waals surface area contributed by atoms with E-state index in [9.17, 15) is 0 Å². The molecule has 0 spiro atoms. The molecule has 0 saturated carbocycles. The highest BCUT2D eigenvalue weighted by molar-refractivity contribution is 5.22. The van der Waals surface area contributed by atoms with E-state index in [0.29, 0.717) is 5.92 Å². The first-order chi connectivity index (χ1) is 5.75. The third-order valence-corrected chi connectivity index (χ3v) is 2.18.